The molecule has 2 aliphatic rings. The maximum Gasteiger partial charge on any atom is 0.225 e. The topological polar surface area (TPSA) is 89.2 Å². The average molecular weight is 376 g/mol. The largest absolute Gasteiger partial charge is 0.369 e. The molecule has 0 unspecified atom stereocenters. The third-order valence-corrected chi connectivity index (χ3v) is 5.60. The van der Waals surface area contributed by atoms with Crippen molar-refractivity contribution in [2.45, 2.75) is 25.7 Å². The summed E-state index contributed by atoms with van der Waals surface area (Å²) in [7, 11) is 0. The van der Waals surface area contributed by atoms with E-state index in [0.29, 0.717) is 31.0 Å². The Bertz CT molecular complexity index is 902. The van der Waals surface area contributed by atoms with E-state index in [9.17, 15) is 9.59 Å². The summed E-state index contributed by atoms with van der Waals surface area (Å²) in [5.41, 5.74) is 8.00. The number of ketones is 1. The SMILES string of the molecule is NC(=O)C1CCN(c2ncc3c(n2)C[C@H](/C=C/c2ccccc2)CC3=O)CC1. The molecule has 0 bridgehead atoms. The van der Waals surface area contributed by atoms with Gasteiger partial charge in [0, 0.05) is 31.6 Å². The first-order chi connectivity index (χ1) is 13.6. The van der Waals surface area contributed by atoms with Gasteiger partial charge in [-0.3, -0.25) is 9.59 Å². The predicted octanol–water partition coefficient (Wildman–Crippen LogP) is 2.64. The van der Waals surface area contributed by atoms with Crippen LogP contribution >= 0.6 is 0 Å². The summed E-state index contributed by atoms with van der Waals surface area (Å²) in [6.07, 6.45) is 8.50. The molecular weight excluding hydrogens is 352 g/mol. The lowest BCUT2D eigenvalue weighted by Gasteiger charge is -2.31. The van der Waals surface area contributed by atoms with E-state index in [1.165, 1.54) is 0 Å². The van der Waals surface area contributed by atoms with Crippen molar-refractivity contribution in [1.29, 1.82) is 0 Å². The number of amides is 1. The minimum atomic E-state index is -0.232. The van der Waals surface area contributed by atoms with Gasteiger partial charge in [-0.1, -0.05) is 42.5 Å². The molecule has 2 N–H and O–H groups in total. The molecule has 0 saturated carbocycles. The lowest BCUT2D eigenvalue weighted by molar-refractivity contribution is -0.122. The molecule has 1 aliphatic carbocycles. The Balaban J connectivity index is 1.48. The molecule has 1 fully saturated rings. The Hall–Kier alpha value is -3.02. The number of primary amides is 1. The van der Waals surface area contributed by atoms with E-state index in [4.69, 9.17) is 10.7 Å². The number of allylic oxidation sites excluding steroid dienone is 1. The Morgan fingerprint density at radius 2 is 1.89 bits per heavy atom. The van der Waals surface area contributed by atoms with Gasteiger partial charge in [0.1, 0.15) is 0 Å². The third kappa shape index (κ3) is 3.96. The number of rotatable bonds is 4. The number of benzene rings is 1. The molecule has 4 rings (SSSR count). The average Bonchev–Trinajstić information content (AvgIpc) is 2.73. The van der Waals surface area contributed by atoms with Crippen LogP contribution in [0.1, 0.15) is 40.9 Å². The number of aromatic nitrogens is 2. The van der Waals surface area contributed by atoms with E-state index in [0.717, 1.165) is 30.5 Å². The van der Waals surface area contributed by atoms with Crippen LogP contribution in [0.15, 0.2) is 42.6 Å². The normalized spacial score (nSPS) is 20.4. The summed E-state index contributed by atoms with van der Waals surface area (Å²) in [4.78, 5) is 35.1. The number of nitrogens with zero attached hydrogens (tertiary/aromatic N) is 3. The number of Topliss-reactive ketones (excluding diaryl/α,β-unsaturated/α-hetero) is 1. The van der Waals surface area contributed by atoms with Crippen LogP contribution in [0.4, 0.5) is 5.95 Å². The lowest BCUT2D eigenvalue weighted by atomic mass is 9.86. The molecule has 2 aromatic rings. The van der Waals surface area contributed by atoms with Crippen LogP contribution in [0, 0.1) is 11.8 Å². The number of fused-ring (bicyclic) bond motifs is 1. The van der Waals surface area contributed by atoms with Crippen molar-refractivity contribution >= 4 is 23.7 Å². The van der Waals surface area contributed by atoms with Crippen molar-refractivity contribution in [3.8, 4) is 0 Å². The fourth-order valence-corrected chi connectivity index (χ4v) is 3.93. The maximum absolute atomic E-state index is 12.5. The van der Waals surface area contributed by atoms with Crippen molar-refractivity contribution in [2.24, 2.45) is 17.6 Å². The Morgan fingerprint density at radius 3 is 2.61 bits per heavy atom. The van der Waals surface area contributed by atoms with Gasteiger partial charge in [0.25, 0.3) is 0 Å². The number of carbonyl (C=O) groups is 2. The van der Waals surface area contributed by atoms with Gasteiger partial charge in [-0.05, 0) is 30.7 Å². The Morgan fingerprint density at radius 1 is 1.14 bits per heavy atom. The van der Waals surface area contributed by atoms with Crippen LogP contribution in [-0.4, -0.2) is 34.7 Å². The summed E-state index contributed by atoms with van der Waals surface area (Å²) >= 11 is 0. The smallest absolute Gasteiger partial charge is 0.225 e. The first-order valence-electron chi connectivity index (χ1n) is 9.77. The second-order valence-corrected chi connectivity index (χ2v) is 7.56. The number of nitrogens with two attached hydrogens (primary N) is 1. The van der Waals surface area contributed by atoms with E-state index in [1.807, 2.05) is 30.3 Å². The molecule has 0 spiro atoms. The van der Waals surface area contributed by atoms with E-state index < -0.39 is 0 Å². The third-order valence-electron chi connectivity index (χ3n) is 5.60. The predicted molar refractivity (Wildman–Crippen MR) is 108 cm³/mol. The van der Waals surface area contributed by atoms with E-state index >= 15 is 0 Å². The highest BCUT2D eigenvalue weighted by molar-refractivity contribution is 5.98. The number of hydrogen-bond donors (Lipinski definition) is 1. The zero-order valence-electron chi connectivity index (χ0n) is 15.8. The van der Waals surface area contributed by atoms with E-state index in [1.54, 1.807) is 6.20 Å². The molecule has 1 aromatic carbocycles. The van der Waals surface area contributed by atoms with Crippen LogP contribution in [0.2, 0.25) is 0 Å². The minimum absolute atomic E-state index is 0.0667. The second kappa shape index (κ2) is 7.92. The van der Waals surface area contributed by atoms with Crippen molar-refractivity contribution in [2.75, 3.05) is 18.0 Å². The highest BCUT2D eigenvalue weighted by atomic mass is 16.1. The summed E-state index contributed by atoms with van der Waals surface area (Å²) in [5, 5.41) is 0. The summed E-state index contributed by atoms with van der Waals surface area (Å²) < 4.78 is 0. The molecule has 2 heterocycles. The molecule has 28 heavy (non-hydrogen) atoms. The Kier molecular flexibility index (Phi) is 5.19. The van der Waals surface area contributed by atoms with Crippen LogP contribution < -0.4 is 10.6 Å². The van der Waals surface area contributed by atoms with Crippen LogP contribution in [0.25, 0.3) is 6.08 Å². The molecule has 1 aromatic heterocycles. The highest BCUT2D eigenvalue weighted by Crippen LogP contribution is 2.28. The van der Waals surface area contributed by atoms with Crippen molar-refractivity contribution in [1.82, 2.24) is 9.97 Å². The monoisotopic (exact) mass is 376 g/mol. The van der Waals surface area contributed by atoms with Crippen molar-refractivity contribution in [3.63, 3.8) is 0 Å². The van der Waals surface area contributed by atoms with Gasteiger partial charge in [0.05, 0.1) is 11.3 Å². The fourth-order valence-electron chi connectivity index (χ4n) is 3.93. The molecule has 1 amide bonds. The minimum Gasteiger partial charge on any atom is -0.369 e. The van der Waals surface area contributed by atoms with Gasteiger partial charge in [0.2, 0.25) is 11.9 Å². The summed E-state index contributed by atoms with van der Waals surface area (Å²) in [5.74, 6) is 0.585. The quantitative estimate of drug-likeness (QED) is 0.886. The summed E-state index contributed by atoms with van der Waals surface area (Å²) in [6, 6.07) is 10.1. The van der Waals surface area contributed by atoms with Gasteiger partial charge in [-0.2, -0.15) is 0 Å². The molecule has 144 valence electrons. The maximum atomic E-state index is 12.5. The molecule has 6 nitrogen and oxygen atoms in total. The fraction of sp³-hybridized carbons (Fsp3) is 0.364. The number of anilines is 1. The van der Waals surface area contributed by atoms with Crippen molar-refractivity contribution < 1.29 is 9.59 Å². The van der Waals surface area contributed by atoms with Crippen LogP contribution in [0.5, 0.6) is 0 Å². The second-order valence-electron chi connectivity index (χ2n) is 7.56. The van der Waals surface area contributed by atoms with Gasteiger partial charge in [0.15, 0.2) is 5.78 Å². The Labute approximate surface area is 164 Å². The highest BCUT2D eigenvalue weighted by Gasteiger charge is 2.28. The zero-order chi connectivity index (χ0) is 19.5. The van der Waals surface area contributed by atoms with Crippen LogP contribution in [0.3, 0.4) is 0 Å². The molecule has 0 radical (unpaired) electrons. The van der Waals surface area contributed by atoms with Crippen LogP contribution in [-0.2, 0) is 11.2 Å². The van der Waals surface area contributed by atoms with E-state index in [-0.39, 0.29) is 23.5 Å². The number of carbonyl (C=O) groups excluding carboxylic acids is 2. The molecule has 1 atom stereocenters. The molecule has 1 aliphatic heterocycles. The lowest BCUT2D eigenvalue weighted by Crippen LogP contribution is -2.39. The zero-order valence-corrected chi connectivity index (χ0v) is 15.8. The first kappa shape index (κ1) is 18.3. The van der Waals surface area contributed by atoms with Gasteiger partial charge in [-0.25, -0.2) is 9.97 Å². The molecule has 1 saturated heterocycles. The number of piperidine rings is 1. The molecular formula is C22H24N4O2. The molecule has 6 heteroatoms. The first-order valence-corrected chi connectivity index (χ1v) is 9.77. The van der Waals surface area contributed by atoms with Gasteiger partial charge >= 0.3 is 0 Å². The van der Waals surface area contributed by atoms with Gasteiger partial charge < -0.3 is 10.6 Å². The summed E-state index contributed by atoms with van der Waals surface area (Å²) in [6.45, 7) is 1.41. The van der Waals surface area contributed by atoms with Gasteiger partial charge in [-0.15, -0.1) is 0 Å². The number of hydrogen-bond acceptors (Lipinski definition) is 5. The van der Waals surface area contributed by atoms with E-state index in [2.05, 4.69) is 22.0 Å². The van der Waals surface area contributed by atoms with Crippen molar-refractivity contribution in [3.05, 3.63) is 59.4 Å². The standard InChI is InChI=1S/C22H24N4O2/c23-21(28)17-8-10-26(11-9-17)22-24-14-18-19(25-22)12-16(13-20(18)27)7-6-15-4-2-1-3-5-15/h1-7,14,16-17H,8-13H2,(H2,23,28)/b7-6+/t16-/m0/s1.